The van der Waals surface area contributed by atoms with Crippen LogP contribution in [0.5, 0.6) is 5.75 Å². The molecule has 7 nitrogen and oxygen atoms in total. The Balaban J connectivity index is 1.34. The van der Waals surface area contributed by atoms with Crippen LogP contribution in [0, 0.1) is 0 Å². The number of furan rings is 1. The highest BCUT2D eigenvalue weighted by atomic mass is 16.5. The number of hydrogen-bond acceptors (Lipinski definition) is 6. The first-order chi connectivity index (χ1) is 13.3. The fraction of sp³-hybridized carbons (Fsp3) is 0.0500. The molecule has 1 N–H and O–H groups in total. The van der Waals surface area contributed by atoms with Gasteiger partial charge >= 0.3 is 0 Å². The summed E-state index contributed by atoms with van der Waals surface area (Å²) in [5.74, 6) is 1.21. The lowest BCUT2D eigenvalue weighted by molar-refractivity contribution is 0.102. The molecule has 0 aliphatic heterocycles. The molecule has 0 radical (unpaired) electrons. The van der Waals surface area contributed by atoms with Crippen LogP contribution in [0.15, 0.2) is 82.0 Å². The molecule has 0 aliphatic rings. The molecule has 2 aromatic carbocycles. The fourth-order valence-corrected chi connectivity index (χ4v) is 2.39. The third-order valence-electron chi connectivity index (χ3n) is 3.75. The first-order valence-corrected chi connectivity index (χ1v) is 8.22. The zero-order valence-electron chi connectivity index (χ0n) is 14.2. The summed E-state index contributed by atoms with van der Waals surface area (Å²) in [7, 11) is 0. The van der Waals surface area contributed by atoms with Crippen molar-refractivity contribution >= 4 is 11.6 Å². The lowest BCUT2D eigenvalue weighted by Crippen LogP contribution is -2.10. The maximum Gasteiger partial charge on any atom is 0.258 e. The minimum absolute atomic E-state index is 0.153. The van der Waals surface area contributed by atoms with Crippen LogP contribution < -0.4 is 10.1 Å². The largest absolute Gasteiger partial charge is 0.484 e. The molecule has 0 aliphatic carbocycles. The van der Waals surface area contributed by atoms with E-state index in [1.165, 1.54) is 12.5 Å². The third-order valence-corrected chi connectivity index (χ3v) is 3.75. The SMILES string of the molecule is O=C(Nc1ccc(OCc2nnc(-c3ccccc3)o2)cc1)c1ccoc1. The molecule has 4 aromatic rings. The van der Waals surface area contributed by atoms with Crippen LogP contribution in [-0.2, 0) is 6.61 Å². The van der Waals surface area contributed by atoms with Crippen molar-refractivity contribution in [2.75, 3.05) is 5.32 Å². The number of carbonyl (C=O) groups excluding carboxylic acids is 1. The zero-order chi connectivity index (χ0) is 18.5. The lowest BCUT2D eigenvalue weighted by atomic mass is 10.2. The van der Waals surface area contributed by atoms with E-state index in [1.54, 1.807) is 30.3 Å². The first-order valence-electron chi connectivity index (χ1n) is 8.22. The van der Waals surface area contributed by atoms with Gasteiger partial charge in [0, 0.05) is 11.3 Å². The monoisotopic (exact) mass is 361 g/mol. The van der Waals surface area contributed by atoms with Crippen LogP contribution in [0.3, 0.4) is 0 Å². The standard InChI is InChI=1S/C20H15N3O4/c24-19(15-10-11-25-12-15)21-16-6-8-17(9-7-16)26-13-18-22-23-20(27-18)14-4-2-1-3-5-14/h1-12H,13H2,(H,21,24). The van der Waals surface area contributed by atoms with Gasteiger partial charge in [0.1, 0.15) is 12.0 Å². The molecule has 0 saturated carbocycles. The van der Waals surface area contributed by atoms with E-state index < -0.39 is 0 Å². The Bertz CT molecular complexity index is 1010. The van der Waals surface area contributed by atoms with Crippen molar-refractivity contribution in [1.29, 1.82) is 0 Å². The van der Waals surface area contributed by atoms with Crippen LogP contribution in [0.25, 0.3) is 11.5 Å². The van der Waals surface area contributed by atoms with Gasteiger partial charge in [-0.15, -0.1) is 10.2 Å². The van der Waals surface area contributed by atoms with Crippen LogP contribution in [0.2, 0.25) is 0 Å². The average Bonchev–Trinajstić information content (AvgIpc) is 3.40. The van der Waals surface area contributed by atoms with Crippen LogP contribution in [0.1, 0.15) is 16.2 Å². The van der Waals surface area contributed by atoms with Crippen molar-refractivity contribution < 1.29 is 18.4 Å². The summed E-state index contributed by atoms with van der Waals surface area (Å²) < 4.78 is 16.1. The van der Waals surface area contributed by atoms with E-state index in [0.29, 0.717) is 28.8 Å². The molecule has 1 amide bonds. The molecule has 0 fully saturated rings. The minimum Gasteiger partial charge on any atom is -0.484 e. The fourth-order valence-electron chi connectivity index (χ4n) is 2.39. The van der Waals surface area contributed by atoms with Crippen molar-refractivity contribution in [3.8, 4) is 17.2 Å². The molecule has 134 valence electrons. The molecule has 0 atom stereocenters. The number of ether oxygens (including phenoxy) is 1. The van der Waals surface area contributed by atoms with Gasteiger partial charge < -0.3 is 18.9 Å². The number of benzene rings is 2. The number of carbonyl (C=O) groups is 1. The molecule has 0 bridgehead atoms. The van der Waals surface area contributed by atoms with Gasteiger partial charge in [0.05, 0.1) is 11.8 Å². The number of anilines is 1. The maximum atomic E-state index is 12.0. The molecule has 7 heteroatoms. The van der Waals surface area contributed by atoms with Gasteiger partial charge in [-0.3, -0.25) is 4.79 Å². The maximum absolute atomic E-state index is 12.0. The zero-order valence-corrected chi connectivity index (χ0v) is 14.2. The van der Waals surface area contributed by atoms with Gasteiger partial charge in [0.15, 0.2) is 6.61 Å². The van der Waals surface area contributed by atoms with Gasteiger partial charge in [-0.1, -0.05) is 18.2 Å². The van der Waals surface area contributed by atoms with E-state index in [9.17, 15) is 4.79 Å². The van der Waals surface area contributed by atoms with Gasteiger partial charge in [-0.05, 0) is 42.5 Å². The average molecular weight is 361 g/mol. The normalized spacial score (nSPS) is 10.5. The Kier molecular flexibility index (Phi) is 4.65. The highest BCUT2D eigenvalue weighted by molar-refractivity contribution is 6.03. The first kappa shape index (κ1) is 16.6. The number of hydrogen-bond donors (Lipinski definition) is 1. The topological polar surface area (TPSA) is 90.4 Å². The van der Waals surface area contributed by atoms with Gasteiger partial charge in [-0.25, -0.2) is 0 Å². The summed E-state index contributed by atoms with van der Waals surface area (Å²) in [5, 5.41) is 10.8. The smallest absolute Gasteiger partial charge is 0.258 e. The summed E-state index contributed by atoms with van der Waals surface area (Å²) in [4.78, 5) is 12.0. The summed E-state index contributed by atoms with van der Waals surface area (Å²) >= 11 is 0. The van der Waals surface area contributed by atoms with Gasteiger partial charge in [0.25, 0.3) is 11.8 Å². The van der Waals surface area contributed by atoms with E-state index in [2.05, 4.69) is 15.5 Å². The predicted octanol–water partition coefficient (Wildman–Crippen LogP) is 4.16. The molecule has 4 rings (SSSR count). The van der Waals surface area contributed by atoms with Crippen LogP contribution >= 0.6 is 0 Å². The third kappa shape index (κ3) is 4.04. The molecule has 2 aromatic heterocycles. The Morgan fingerprint density at radius 3 is 2.56 bits per heavy atom. The van der Waals surface area contributed by atoms with Crippen molar-refractivity contribution in [3.05, 3.63) is 84.6 Å². The summed E-state index contributed by atoms with van der Waals surface area (Å²) in [6.45, 7) is 0.153. The van der Waals surface area contributed by atoms with Gasteiger partial charge in [-0.2, -0.15) is 0 Å². The Labute approximate surface area is 154 Å². The molecule has 27 heavy (non-hydrogen) atoms. The number of aromatic nitrogens is 2. The van der Waals surface area contributed by atoms with Crippen LogP contribution in [-0.4, -0.2) is 16.1 Å². The van der Waals surface area contributed by atoms with E-state index in [4.69, 9.17) is 13.6 Å². The minimum atomic E-state index is -0.239. The molecule has 0 spiro atoms. The van der Waals surface area contributed by atoms with Crippen molar-refractivity contribution in [1.82, 2.24) is 10.2 Å². The number of nitrogens with zero attached hydrogens (tertiary/aromatic N) is 2. The molecular formula is C20H15N3O4. The Morgan fingerprint density at radius 2 is 1.81 bits per heavy atom. The Hall–Kier alpha value is -3.87. The predicted molar refractivity (Wildman–Crippen MR) is 97.2 cm³/mol. The Morgan fingerprint density at radius 1 is 1.00 bits per heavy atom. The van der Waals surface area contributed by atoms with Crippen molar-refractivity contribution in [2.45, 2.75) is 6.61 Å². The number of amides is 1. The van der Waals surface area contributed by atoms with Crippen LogP contribution in [0.4, 0.5) is 5.69 Å². The summed E-state index contributed by atoms with van der Waals surface area (Å²) in [5.41, 5.74) is 1.97. The second kappa shape index (κ2) is 7.57. The molecular weight excluding hydrogens is 346 g/mol. The second-order valence-corrected chi connectivity index (χ2v) is 5.65. The summed E-state index contributed by atoms with van der Waals surface area (Å²) in [6, 6.07) is 18.1. The number of nitrogens with one attached hydrogen (secondary N) is 1. The van der Waals surface area contributed by atoms with E-state index >= 15 is 0 Å². The summed E-state index contributed by atoms with van der Waals surface area (Å²) in [6.07, 6.45) is 2.84. The van der Waals surface area contributed by atoms with E-state index in [0.717, 1.165) is 5.56 Å². The highest BCUT2D eigenvalue weighted by Crippen LogP contribution is 2.20. The molecule has 2 heterocycles. The van der Waals surface area contributed by atoms with E-state index in [1.807, 2.05) is 30.3 Å². The second-order valence-electron chi connectivity index (χ2n) is 5.65. The van der Waals surface area contributed by atoms with Crippen molar-refractivity contribution in [2.24, 2.45) is 0 Å². The van der Waals surface area contributed by atoms with Gasteiger partial charge in [0.2, 0.25) is 5.89 Å². The molecule has 0 saturated heterocycles. The van der Waals surface area contributed by atoms with E-state index in [-0.39, 0.29) is 12.5 Å². The number of rotatable bonds is 6. The quantitative estimate of drug-likeness (QED) is 0.554. The molecule has 0 unspecified atom stereocenters. The highest BCUT2D eigenvalue weighted by Gasteiger charge is 2.09. The van der Waals surface area contributed by atoms with Crippen molar-refractivity contribution in [3.63, 3.8) is 0 Å². The lowest BCUT2D eigenvalue weighted by Gasteiger charge is -2.06.